The summed E-state index contributed by atoms with van der Waals surface area (Å²) in [6.45, 7) is 1.43. The number of aldehydes is 1. The van der Waals surface area contributed by atoms with Crippen LogP contribution in [-0.2, 0) is 16.0 Å². The van der Waals surface area contributed by atoms with E-state index in [1.165, 1.54) is 25.1 Å². The molecule has 0 aromatic heterocycles. The van der Waals surface area contributed by atoms with Crippen molar-refractivity contribution in [2.24, 2.45) is 5.41 Å². The highest BCUT2D eigenvalue weighted by Crippen LogP contribution is 2.73. The van der Waals surface area contributed by atoms with Crippen molar-refractivity contribution in [1.29, 1.82) is 0 Å². The molecule has 0 spiro atoms. The van der Waals surface area contributed by atoms with Gasteiger partial charge in [0.15, 0.2) is 0 Å². The van der Waals surface area contributed by atoms with E-state index in [1.807, 2.05) is 0 Å². The smallest absolute Gasteiger partial charge is 0.433 e. The standard InChI is InChI=1S/C23H20Cl5F3N2O3S/c1-12(8-37(36)11-22(29,30)31)33-20(35)17-7-16(2-3-18(17)26)32-9-21(10-34)19(23(21,27)28)13-4-14(24)6-15(25)5-13/h2-7,10,12,19,32H,8-9,11H2,1H3,(H,33,35)/t12-,19?,21?,37?/m1/s1. The summed E-state index contributed by atoms with van der Waals surface area (Å²) in [5.41, 5.74) is -0.215. The molecule has 1 aliphatic rings. The predicted octanol–water partition coefficient (Wildman–Crippen LogP) is 6.64. The molecular weight excluding hydrogens is 619 g/mol. The van der Waals surface area contributed by atoms with Crippen molar-refractivity contribution < 1.29 is 27.3 Å². The van der Waals surface area contributed by atoms with E-state index < -0.39 is 50.7 Å². The summed E-state index contributed by atoms with van der Waals surface area (Å²) < 4.78 is 47.5. The van der Waals surface area contributed by atoms with E-state index in [9.17, 15) is 27.3 Å². The number of halogens is 8. The van der Waals surface area contributed by atoms with E-state index in [4.69, 9.17) is 58.0 Å². The molecule has 2 aromatic carbocycles. The quantitative estimate of drug-likeness (QED) is 0.174. The van der Waals surface area contributed by atoms with E-state index in [2.05, 4.69) is 10.6 Å². The summed E-state index contributed by atoms with van der Waals surface area (Å²) in [5, 5.41) is 6.33. The molecule has 0 bridgehead atoms. The van der Waals surface area contributed by atoms with Crippen LogP contribution in [0.3, 0.4) is 0 Å². The molecule has 202 valence electrons. The second kappa shape index (κ2) is 11.6. The van der Waals surface area contributed by atoms with Crippen LogP contribution < -0.4 is 10.6 Å². The van der Waals surface area contributed by atoms with Gasteiger partial charge < -0.3 is 20.0 Å². The number of alkyl halides is 5. The first-order valence-electron chi connectivity index (χ1n) is 10.7. The summed E-state index contributed by atoms with van der Waals surface area (Å²) in [4.78, 5) is 24.9. The van der Waals surface area contributed by atoms with Gasteiger partial charge in [0.25, 0.3) is 5.91 Å². The lowest BCUT2D eigenvalue weighted by atomic mass is 10.00. The zero-order chi connectivity index (χ0) is 27.8. The Hall–Kier alpha value is -1.07. The number of rotatable bonds is 10. The van der Waals surface area contributed by atoms with Gasteiger partial charge in [-0.05, 0) is 60.1 Å². The minimum atomic E-state index is -4.57. The number of hydrogen-bond acceptors (Lipinski definition) is 4. The zero-order valence-electron chi connectivity index (χ0n) is 19.0. The zero-order valence-corrected chi connectivity index (χ0v) is 23.6. The van der Waals surface area contributed by atoms with Gasteiger partial charge in [0.1, 0.15) is 16.4 Å². The Morgan fingerprint density at radius 3 is 2.35 bits per heavy atom. The topological polar surface area (TPSA) is 81.3 Å². The molecule has 5 nitrogen and oxygen atoms in total. The normalized spacial score (nSPS) is 22.2. The minimum absolute atomic E-state index is 0.00613. The van der Waals surface area contributed by atoms with Gasteiger partial charge in [0.2, 0.25) is 5.75 Å². The van der Waals surface area contributed by atoms with Crippen molar-refractivity contribution in [2.75, 3.05) is 23.4 Å². The van der Waals surface area contributed by atoms with Gasteiger partial charge in [0.05, 0.1) is 22.0 Å². The highest BCUT2D eigenvalue weighted by molar-refractivity contribution is 7.91. The van der Waals surface area contributed by atoms with Crippen LogP contribution in [0.15, 0.2) is 36.4 Å². The average molecular weight is 639 g/mol. The highest BCUT2D eigenvalue weighted by atomic mass is 35.5. The summed E-state index contributed by atoms with van der Waals surface area (Å²) in [6.07, 6.45) is -3.91. The lowest BCUT2D eigenvalue weighted by Crippen LogP contribution is -2.39. The van der Waals surface area contributed by atoms with Gasteiger partial charge in [-0.25, -0.2) is 0 Å². The maximum absolute atomic E-state index is 12.7. The van der Waals surface area contributed by atoms with E-state index in [0.29, 0.717) is 27.6 Å². The first kappa shape index (κ1) is 30.5. The van der Waals surface area contributed by atoms with Crippen molar-refractivity contribution in [3.8, 4) is 0 Å². The summed E-state index contributed by atoms with van der Waals surface area (Å²) in [5.74, 6) is -3.13. The fourth-order valence-electron chi connectivity index (χ4n) is 4.05. The number of hydrogen-bond donors (Lipinski definition) is 2. The van der Waals surface area contributed by atoms with Crippen LogP contribution in [0.25, 0.3) is 0 Å². The van der Waals surface area contributed by atoms with Crippen molar-refractivity contribution >= 4 is 87.1 Å². The van der Waals surface area contributed by atoms with E-state index in [0.717, 1.165) is 0 Å². The highest BCUT2D eigenvalue weighted by Gasteiger charge is 2.76. The summed E-state index contributed by atoms with van der Waals surface area (Å²) in [6, 6.07) is 8.38. The molecule has 1 amide bonds. The van der Waals surface area contributed by atoms with Gasteiger partial charge >= 0.3 is 6.18 Å². The summed E-state index contributed by atoms with van der Waals surface area (Å²) in [7, 11) is 0. The van der Waals surface area contributed by atoms with Crippen LogP contribution in [0.4, 0.5) is 18.9 Å². The molecule has 1 fully saturated rings. The van der Waals surface area contributed by atoms with Gasteiger partial charge in [-0.2, -0.15) is 13.2 Å². The van der Waals surface area contributed by atoms with Crippen molar-refractivity contribution in [3.63, 3.8) is 0 Å². The Labute approximate surface area is 239 Å². The van der Waals surface area contributed by atoms with Crippen molar-refractivity contribution in [2.45, 2.75) is 29.4 Å². The van der Waals surface area contributed by atoms with E-state index in [1.54, 1.807) is 18.2 Å². The van der Waals surface area contributed by atoms with Crippen LogP contribution in [0.1, 0.15) is 28.8 Å². The van der Waals surface area contributed by atoms with Crippen LogP contribution in [-0.4, -0.2) is 51.3 Å². The SMILES string of the molecule is C[C@H](C[S+]([O-])CC(F)(F)F)NC(=O)c1cc(NCC2(C=O)C(c3cc(Cl)cc(Cl)c3)C2(Cl)Cl)ccc1Cl. The van der Waals surface area contributed by atoms with Crippen LogP contribution in [0.5, 0.6) is 0 Å². The molecule has 37 heavy (non-hydrogen) atoms. The molecule has 0 radical (unpaired) electrons. The number of carbonyl (C=O) groups excluding carboxylic acids is 2. The molecule has 0 aliphatic heterocycles. The third-order valence-electron chi connectivity index (χ3n) is 5.78. The molecule has 2 aromatic rings. The molecule has 1 aliphatic carbocycles. The molecular formula is C23H20Cl5F3N2O3S. The number of nitrogens with one attached hydrogen (secondary N) is 2. The number of carbonyl (C=O) groups is 2. The van der Waals surface area contributed by atoms with Crippen LogP contribution in [0, 0.1) is 5.41 Å². The lowest BCUT2D eigenvalue weighted by Gasteiger charge is -2.19. The largest absolute Gasteiger partial charge is 0.616 e. The minimum Gasteiger partial charge on any atom is -0.616 e. The Kier molecular flexibility index (Phi) is 9.54. The Morgan fingerprint density at radius 2 is 1.78 bits per heavy atom. The van der Waals surface area contributed by atoms with Gasteiger partial charge in [-0.15, -0.1) is 0 Å². The predicted molar refractivity (Wildman–Crippen MR) is 143 cm³/mol. The van der Waals surface area contributed by atoms with E-state index in [-0.39, 0.29) is 22.9 Å². The second-order valence-corrected chi connectivity index (χ2v) is 12.9. The van der Waals surface area contributed by atoms with E-state index >= 15 is 0 Å². The average Bonchev–Trinajstić information content (AvgIpc) is 3.25. The molecule has 0 heterocycles. The molecule has 1 saturated carbocycles. The first-order valence-corrected chi connectivity index (χ1v) is 14.0. The van der Waals surface area contributed by atoms with Gasteiger partial charge in [-0.1, -0.05) is 58.0 Å². The lowest BCUT2D eigenvalue weighted by molar-refractivity contribution is -0.112. The second-order valence-electron chi connectivity index (χ2n) is 8.71. The number of benzene rings is 2. The molecule has 3 unspecified atom stereocenters. The molecule has 4 atom stereocenters. The van der Waals surface area contributed by atoms with Crippen molar-refractivity contribution in [1.82, 2.24) is 5.32 Å². The number of amides is 1. The monoisotopic (exact) mass is 636 g/mol. The van der Waals surface area contributed by atoms with Crippen LogP contribution >= 0.6 is 58.0 Å². The first-order chi connectivity index (χ1) is 17.1. The molecule has 3 rings (SSSR count). The summed E-state index contributed by atoms with van der Waals surface area (Å²) >= 11 is 29.1. The maximum Gasteiger partial charge on any atom is 0.433 e. The molecule has 0 saturated heterocycles. The maximum atomic E-state index is 12.7. The fraction of sp³-hybridized carbons (Fsp3) is 0.391. The fourth-order valence-corrected chi connectivity index (χ4v) is 6.90. The van der Waals surface area contributed by atoms with Gasteiger partial charge in [0, 0.05) is 28.2 Å². The molecule has 14 heteroatoms. The third kappa shape index (κ3) is 7.12. The van der Waals surface area contributed by atoms with Crippen molar-refractivity contribution in [3.05, 3.63) is 62.6 Å². The van der Waals surface area contributed by atoms with Crippen LogP contribution in [0.2, 0.25) is 15.1 Å². The Balaban J connectivity index is 1.71. The Morgan fingerprint density at radius 1 is 1.16 bits per heavy atom. The Bertz CT molecular complexity index is 1170. The third-order valence-corrected chi connectivity index (χ3v) is 9.20. The molecule has 2 N–H and O–H groups in total. The van der Waals surface area contributed by atoms with Gasteiger partial charge in [-0.3, -0.25) is 4.79 Å². The number of anilines is 1.